The fraction of sp³-hybridized carbons (Fsp3) is 0.571. The summed E-state index contributed by atoms with van der Waals surface area (Å²) in [5, 5.41) is 3.42. The van der Waals surface area contributed by atoms with Crippen LogP contribution in [-0.2, 0) is 0 Å². The molecule has 1 aromatic carbocycles. The number of hydrogen-bond donors (Lipinski definition) is 1. The number of hydrogen-bond acceptors (Lipinski definition) is 1. The van der Waals surface area contributed by atoms with E-state index in [1.165, 1.54) is 50.7 Å². The molecule has 1 nitrogen and oxygen atoms in total. The van der Waals surface area contributed by atoms with Crippen molar-refractivity contribution in [1.29, 1.82) is 0 Å². The smallest absolute Gasteiger partial charge is 0.124 e. The first kappa shape index (κ1) is 12.9. The molecular weight excluding hydrogens is 281 g/mol. The first-order valence-electron chi connectivity index (χ1n) is 6.44. The van der Waals surface area contributed by atoms with Crippen LogP contribution >= 0.6 is 15.9 Å². The molecule has 0 aliphatic heterocycles. The van der Waals surface area contributed by atoms with Gasteiger partial charge in [0.1, 0.15) is 5.82 Å². The van der Waals surface area contributed by atoms with E-state index in [0.717, 1.165) is 22.6 Å². The highest BCUT2D eigenvalue weighted by Crippen LogP contribution is 2.26. The Hall–Kier alpha value is -0.570. The largest absolute Gasteiger partial charge is 0.384 e. The van der Waals surface area contributed by atoms with Gasteiger partial charge in [0.15, 0.2) is 0 Å². The molecule has 1 fully saturated rings. The van der Waals surface area contributed by atoms with E-state index in [9.17, 15) is 4.39 Å². The van der Waals surface area contributed by atoms with Gasteiger partial charge in [0.2, 0.25) is 0 Å². The molecule has 0 amide bonds. The van der Waals surface area contributed by atoms with Gasteiger partial charge in [0.05, 0.1) is 0 Å². The molecule has 0 unspecified atom stereocenters. The Morgan fingerprint density at radius 2 is 1.88 bits per heavy atom. The molecule has 1 saturated carbocycles. The molecule has 3 heteroatoms. The van der Waals surface area contributed by atoms with Crippen LogP contribution in [0.25, 0.3) is 0 Å². The third-order valence-electron chi connectivity index (χ3n) is 3.49. The van der Waals surface area contributed by atoms with Crippen LogP contribution in [0.1, 0.15) is 38.5 Å². The number of rotatable bonds is 3. The second-order valence-corrected chi connectivity index (χ2v) is 5.72. The zero-order valence-corrected chi connectivity index (χ0v) is 11.6. The van der Waals surface area contributed by atoms with Crippen LogP contribution in [0.2, 0.25) is 0 Å². The molecule has 1 aromatic rings. The topological polar surface area (TPSA) is 12.0 Å². The summed E-state index contributed by atoms with van der Waals surface area (Å²) in [6.07, 6.45) is 8.14. The minimum atomic E-state index is -0.197. The third kappa shape index (κ3) is 3.98. The molecule has 0 aromatic heterocycles. The number of anilines is 1. The van der Waals surface area contributed by atoms with Gasteiger partial charge >= 0.3 is 0 Å². The van der Waals surface area contributed by atoms with Crippen molar-refractivity contribution in [3.8, 4) is 0 Å². The van der Waals surface area contributed by atoms with Crippen molar-refractivity contribution in [3.05, 3.63) is 28.5 Å². The Morgan fingerprint density at radius 3 is 2.53 bits per heavy atom. The minimum absolute atomic E-state index is 0.197. The van der Waals surface area contributed by atoms with Crippen LogP contribution in [0.5, 0.6) is 0 Å². The van der Waals surface area contributed by atoms with Gasteiger partial charge in [-0.3, -0.25) is 0 Å². The highest BCUT2D eigenvalue weighted by atomic mass is 79.9. The van der Waals surface area contributed by atoms with Crippen molar-refractivity contribution < 1.29 is 4.39 Å². The highest BCUT2D eigenvalue weighted by Gasteiger charge is 2.12. The molecule has 94 valence electrons. The molecule has 0 radical (unpaired) electrons. The minimum Gasteiger partial charge on any atom is -0.384 e. The first-order valence-corrected chi connectivity index (χ1v) is 7.24. The van der Waals surface area contributed by atoms with Gasteiger partial charge in [-0.15, -0.1) is 0 Å². The van der Waals surface area contributed by atoms with Gasteiger partial charge in [0.25, 0.3) is 0 Å². The van der Waals surface area contributed by atoms with E-state index in [2.05, 4.69) is 21.2 Å². The van der Waals surface area contributed by atoms with Crippen molar-refractivity contribution >= 4 is 21.6 Å². The van der Waals surface area contributed by atoms with E-state index in [1.54, 1.807) is 6.07 Å². The molecule has 17 heavy (non-hydrogen) atoms. The SMILES string of the molecule is Fc1ccc(NCC2CCCCCC2)c(Br)c1. The average molecular weight is 300 g/mol. The average Bonchev–Trinajstić information content (AvgIpc) is 2.56. The predicted molar refractivity (Wildman–Crippen MR) is 73.8 cm³/mol. The molecule has 0 atom stereocenters. The lowest BCUT2D eigenvalue weighted by Gasteiger charge is -2.16. The van der Waals surface area contributed by atoms with Crippen LogP contribution in [0.3, 0.4) is 0 Å². The van der Waals surface area contributed by atoms with Crippen LogP contribution < -0.4 is 5.32 Å². The highest BCUT2D eigenvalue weighted by molar-refractivity contribution is 9.10. The standard InChI is InChI=1S/C14H19BrFN/c15-13-9-12(16)7-8-14(13)17-10-11-5-3-1-2-4-6-11/h7-9,11,17H,1-6,10H2. The molecule has 2 rings (SSSR count). The predicted octanol–water partition coefficient (Wildman–Crippen LogP) is 4.97. The molecule has 1 aliphatic rings. The van der Waals surface area contributed by atoms with Crippen LogP contribution in [0.15, 0.2) is 22.7 Å². The Kier molecular flexibility index (Phi) is 4.84. The molecule has 1 N–H and O–H groups in total. The second kappa shape index (κ2) is 6.39. The van der Waals surface area contributed by atoms with Crippen molar-refractivity contribution in [1.82, 2.24) is 0 Å². The summed E-state index contributed by atoms with van der Waals surface area (Å²) in [5.74, 6) is 0.575. The zero-order valence-electron chi connectivity index (χ0n) is 10.0. The van der Waals surface area contributed by atoms with Crippen molar-refractivity contribution in [2.45, 2.75) is 38.5 Å². The lowest BCUT2D eigenvalue weighted by molar-refractivity contribution is 0.483. The Balaban J connectivity index is 1.88. The molecule has 0 heterocycles. The summed E-state index contributed by atoms with van der Waals surface area (Å²) >= 11 is 3.39. The van der Waals surface area contributed by atoms with Crippen molar-refractivity contribution in [3.63, 3.8) is 0 Å². The lowest BCUT2D eigenvalue weighted by Crippen LogP contribution is -2.13. The third-order valence-corrected chi connectivity index (χ3v) is 4.14. The molecule has 1 aliphatic carbocycles. The zero-order chi connectivity index (χ0) is 12.1. The van der Waals surface area contributed by atoms with E-state index >= 15 is 0 Å². The van der Waals surface area contributed by atoms with E-state index in [-0.39, 0.29) is 5.82 Å². The number of halogens is 2. The summed E-state index contributed by atoms with van der Waals surface area (Å²) in [5.41, 5.74) is 0.996. The maximum atomic E-state index is 12.9. The van der Waals surface area contributed by atoms with Crippen LogP contribution in [0.4, 0.5) is 10.1 Å². The molecular formula is C14H19BrFN. The summed E-state index contributed by atoms with van der Waals surface area (Å²) in [6, 6.07) is 4.81. The van der Waals surface area contributed by atoms with Crippen molar-refractivity contribution in [2.75, 3.05) is 11.9 Å². The maximum absolute atomic E-state index is 12.9. The molecule has 0 bridgehead atoms. The summed E-state index contributed by atoms with van der Waals surface area (Å²) in [4.78, 5) is 0. The maximum Gasteiger partial charge on any atom is 0.124 e. The molecule has 0 saturated heterocycles. The lowest BCUT2D eigenvalue weighted by atomic mass is 10.0. The summed E-state index contributed by atoms with van der Waals surface area (Å²) < 4.78 is 13.7. The van der Waals surface area contributed by atoms with Crippen molar-refractivity contribution in [2.24, 2.45) is 5.92 Å². The number of nitrogens with one attached hydrogen (secondary N) is 1. The fourth-order valence-corrected chi connectivity index (χ4v) is 2.95. The second-order valence-electron chi connectivity index (χ2n) is 4.86. The van der Waals surface area contributed by atoms with Gasteiger partial charge in [-0.2, -0.15) is 0 Å². The van der Waals surface area contributed by atoms with E-state index in [0.29, 0.717) is 0 Å². The quantitative estimate of drug-likeness (QED) is 0.777. The summed E-state index contributed by atoms with van der Waals surface area (Å²) in [6.45, 7) is 1.00. The fourth-order valence-electron chi connectivity index (χ4n) is 2.46. The normalized spacial score (nSPS) is 17.8. The van der Waals surface area contributed by atoms with Gasteiger partial charge in [-0.1, -0.05) is 25.7 Å². The summed E-state index contributed by atoms with van der Waals surface area (Å²) in [7, 11) is 0. The van der Waals surface area contributed by atoms with Gasteiger partial charge < -0.3 is 5.32 Å². The first-order chi connectivity index (χ1) is 8.25. The Labute approximate surface area is 111 Å². The monoisotopic (exact) mass is 299 g/mol. The van der Waals surface area contributed by atoms with Gasteiger partial charge in [-0.25, -0.2) is 4.39 Å². The van der Waals surface area contributed by atoms with E-state index < -0.39 is 0 Å². The number of benzene rings is 1. The van der Waals surface area contributed by atoms with Gasteiger partial charge in [0, 0.05) is 16.7 Å². The van der Waals surface area contributed by atoms with E-state index in [4.69, 9.17) is 0 Å². The van der Waals surface area contributed by atoms with Gasteiger partial charge in [-0.05, 0) is 52.9 Å². The Morgan fingerprint density at radius 1 is 1.18 bits per heavy atom. The molecule has 0 spiro atoms. The van der Waals surface area contributed by atoms with Crippen LogP contribution in [-0.4, -0.2) is 6.54 Å². The Bertz CT molecular complexity index is 359. The van der Waals surface area contributed by atoms with E-state index in [1.807, 2.05) is 0 Å². The van der Waals surface area contributed by atoms with Crippen LogP contribution in [0, 0.1) is 11.7 Å².